The van der Waals surface area contributed by atoms with Crippen molar-refractivity contribution in [3.8, 4) is 0 Å². The zero-order valence-corrected chi connectivity index (χ0v) is 22.9. The van der Waals surface area contributed by atoms with Gasteiger partial charge in [-0.3, -0.25) is 23.8 Å². The lowest BCUT2D eigenvalue weighted by molar-refractivity contribution is 0.592. The first-order chi connectivity index (χ1) is 17.5. The SMILES string of the molecule is CSc1nnc(C)c(=O)n1Cc1cc(F)ccc1Cl.Cc1n[nH]c(=S)n(Cc2cc(F)ccc2Cl)c1=O. The average Bonchev–Trinajstić information content (AvgIpc) is 2.87. The van der Waals surface area contributed by atoms with Crippen LogP contribution in [0.5, 0.6) is 0 Å². The molecule has 2 heterocycles. The van der Waals surface area contributed by atoms with Crippen LogP contribution in [-0.2, 0) is 13.1 Å². The molecule has 14 heteroatoms. The molecule has 2 aromatic heterocycles. The maximum atomic E-state index is 13.2. The minimum absolute atomic E-state index is 0.105. The number of hydrogen-bond donors (Lipinski definition) is 1. The third kappa shape index (κ3) is 7.10. The second-order valence-corrected chi connectivity index (χ2v) is 9.61. The second-order valence-electron chi connectivity index (χ2n) is 7.64. The van der Waals surface area contributed by atoms with Crippen LogP contribution in [0.1, 0.15) is 22.5 Å². The maximum Gasteiger partial charge on any atom is 0.276 e. The van der Waals surface area contributed by atoms with Gasteiger partial charge in [0.1, 0.15) is 23.0 Å². The molecule has 194 valence electrons. The van der Waals surface area contributed by atoms with E-state index in [0.29, 0.717) is 32.0 Å². The molecule has 4 aromatic rings. The van der Waals surface area contributed by atoms with Gasteiger partial charge in [0.2, 0.25) is 0 Å². The molecule has 0 saturated carbocycles. The highest BCUT2D eigenvalue weighted by atomic mass is 35.5. The molecule has 8 nitrogen and oxygen atoms in total. The summed E-state index contributed by atoms with van der Waals surface area (Å²) in [7, 11) is 0. The summed E-state index contributed by atoms with van der Waals surface area (Å²) in [6.45, 7) is 3.43. The average molecular weight is 585 g/mol. The van der Waals surface area contributed by atoms with E-state index in [1.54, 1.807) is 20.1 Å². The van der Waals surface area contributed by atoms with Crippen molar-refractivity contribution in [2.24, 2.45) is 0 Å². The number of halogens is 4. The standard InChI is InChI=1S/C12H11ClFN3OS.C11H9ClFN3OS/c1-7-11(18)17(12(19-2)16-15-7)6-8-5-9(14)3-4-10(8)13;1-6-10(17)16(11(18)15-14-6)5-7-4-8(13)2-3-9(7)12/h3-5H,6H2,1-2H3;2-4H,5H2,1H3,(H,15,18). The van der Waals surface area contributed by atoms with Gasteiger partial charge in [-0.25, -0.2) is 8.78 Å². The minimum atomic E-state index is -0.414. The summed E-state index contributed by atoms with van der Waals surface area (Å²) in [5.74, 6) is -0.806. The van der Waals surface area contributed by atoms with E-state index < -0.39 is 11.6 Å². The largest absolute Gasteiger partial charge is 0.280 e. The molecule has 37 heavy (non-hydrogen) atoms. The van der Waals surface area contributed by atoms with E-state index in [-0.39, 0.29) is 34.7 Å². The molecule has 0 amide bonds. The second kappa shape index (κ2) is 12.5. The van der Waals surface area contributed by atoms with E-state index in [1.807, 2.05) is 0 Å². The van der Waals surface area contributed by atoms with Crippen LogP contribution in [0.15, 0.2) is 51.1 Å². The molecule has 0 spiro atoms. The van der Waals surface area contributed by atoms with Gasteiger partial charge < -0.3 is 0 Å². The summed E-state index contributed by atoms with van der Waals surface area (Å²) in [6.07, 6.45) is 1.79. The molecular formula is C23H20Cl2F2N6O2S2. The summed E-state index contributed by atoms with van der Waals surface area (Å²) in [4.78, 5) is 23.9. The highest BCUT2D eigenvalue weighted by Gasteiger charge is 2.12. The molecule has 0 aliphatic rings. The Labute approximate surface area is 229 Å². The summed E-state index contributed by atoms with van der Waals surface area (Å²) in [5.41, 5.74) is 1.04. The van der Waals surface area contributed by atoms with Crippen molar-refractivity contribution in [3.63, 3.8) is 0 Å². The van der Waals surface area contributed by atoms with Crippen LogP contribution >= 0.6 is 47.2 Å². The normalized spacial score (nSPS) is 10.7. The van der Waals surface area contributed by atoms with Crippen LogP contribution in [0.25, 0.3) is 0 Å². The Balaban J connectivity index is 0.000000206. The Hall–Kier alpha value is -2.93. The first-order valence-corrected chi connectivity index (χ1v) is 12.9. The van der Waals surface area contributed by atoms with E-state index in [1.165, 1.54) is 57.3 Å². The van der Waals surface area contributed by atoms with Crippen LogP contribution in [0.4, 0.5) is 8.78 Å². The van der Waals surface area contributed by atoms with Crippen LogP contribution in [0, 0.1) is 30.3 Å². The van der Waals surface area contributed by atoms with Crippen molar-refractivity contribution in [3.05, 3.63) is 106 Å². The van der Waals surface area contributed by atoms with E-state index in [9.17, 15) is 18.4 Å². The highest BCUT2D eigenvalue weighted by molar-refractivity contribution is 7.98. The number of thioether (sulfide) groups is 1. The first kappa shape index (κ1) is 28.6. The van der Waals surface area contributed by atoms with Gasteiger partial charge in [0.05, 0.1) is 13.1 Å². The fraction of sp³-hybridized carbons (Fsp3) is 0.217. The van der Waals surface area contributed by atoms with E-state index in [4.69, 9.17) is 35.4 Å². The molecule has 0 fully saturated rings. The van der Waals surface area contributed by atoms with Crippen molar-refractivity contribution in [2.75, 3.05) is 6.26 Å². The van der Waals surface area contributed by atoms with E-state index >= 15 is 0 Å². The molecule has 0 aliphatic carbocycles. The maximum absolute atomic E-state index is 13.2. The van der Waals surface area contributed by atoms with Crippen molar-refractivity contribution in [1.82, 2.24) is 29.5 Å². The number of aryl methyl sites for hydroxylation is 2. The van der Waals surface area contributed by atoms with E-state index in [0.717, 1.165) is 0 Å². The van der Waals surface area contributed by atoms with Crippen LogP contribution in [0.3, 0.4) is 0 Å². The highest BCUT2D eigenvalue weighted by Crippen LogP contribution is 2.20. The molecular weight excluding hydrogens is 565 g/mol. The number of aromatic amines is 1. The summed E-state index contributed by atoms with van der Waals surface area (Å²) in [6, 6.07) is 8.04. The number of aromatic nitrogens is 6. The monoisotopic (exact) mass is 584 g/mol. The van der Waals surface area contributed by atoms with Gasteiger partial charge in [-0.2, -0.15) is 5.10 Å². The van der Waals surface area contributed by atoms with Crippen LogP contribution < -0.4 is 11.1 Å². The van der Waals surface area contributed by atoms with Gasteiger partial charge in [-0.1, -0.05) is 35.0 Å². The van der Waals surface area contributed by atoms with Crippen molar-refractivity contribution >= 4 is 47.2 Å². The molecule has 4 rings (SSSR count). The van der Waals surface area contributed by atoms with Gasteiger partial charge in [0.25, 0.3) is 11.1 Å². The smallest absolute Gasteiger partial charge is 0.276 e. The number of benzene rings is 2. The van der Waals surface area contributed by atoms with Crippen molar-refractivity contribution < 1.29 is 8.78 Å². The first-order valence-electron chi connectivity index (χ1n) is 10.5. The zero-order chi connectivity index (χ0) is 27.3. The zero-order valence-electron chi connectivity index (χ0n) is 19.8. The predicted octanol–water partition coefficient (Wildman–Crippen LogP) is 4.96. The van der Waals surface area contributed by atoms with E-state index in [2.05, 4.69) is 20.4 Å². The third-order valence-electron chi connectivity index (χ3n) is 5.05. The lowest BCUT2D eigenvalue weighted by Crippen LogP contribution is -2.27. The number of H-pyrrole nitrogens is 1. The Kier molecular flexibility index (Phi) is 9.71. The lowest BCUT2D eigenvalue weighted by atomic mass is 10.2. The van der Waals surface area contributed by atoms with Gasteiger partial charge in [-0.05, 0) is 79.8 Å². The summed E-state index contributed by atoms with van der Waals surface area (Å²) < 4.78 is 29.3. The number of nitrogens with one attached hydrogen (secondary N) is 1. The van der Waals surface area contributed by atoms with Gasteiger partial charge >= 0.3 is 0 Å². The quantitative estimate of drug-likeness (QED) is 0.261. The lowest BCUT2D eigenvalue weighted by Gasteiger charge is -2.11. The summed E-state index contributed by atoms with van der Waals surface area (Å²) in [5, 5.41) is 15.3. The number of hydrogen-bond acceptors (Lipinski definition) is 7. The fourth-order valence-electron chi connectivity index (χ4n) is 3.13. The molecule has 0 bridgehead atoms. The Morgan fingerprint density at radius 1 is 0.892 bits per heavy atom. The number of rotatable bonds is 5. The van der Waals surface area contributed by atoms with Crippen LogP contribution in [-0.4, -0.2) is 35.8 Å². The van der Waals surface area contributed by atoms with Crippen LogP contribution in [0.2, 0.25) is 10.0 Å². The predicted molar refractivity (Wildman–Crippen MR) is 142 cm³/mol. The van der Waals surface area contributed by atoms with Gasteiger partial charge in [0.15, 0.2) is 9.93 Å². The Morgan fingerprint density at radius 3 is 1.95 bits per heavy atom. The van der Waals surface area contributed by atoms with Crippen molar-refractivity contribution in [1.29, 1.82) is 0 Å². The third-order valence-corrected chi connectivity index (χ3v) is 6.76. The summed E-state index contributed by atoms with van der Waals surface area (Å²) >= 11 is 18.2. The molecule has 0 atom stereocenters. The Morgan fingerprint density at radius 2 is 1.41 bits per heavy atom. The molecule has 0 saturated heterocycles. The topological polar surface area (TPSA) is 98.5 Å². The van der Waals surface area contributed by atoms with Gasteiger partial charge in [0, 0.05) is 10.0 Å². The number of nitrogens with zero attached hydrogens (tertiary/aromatic N) is 5. The molecule has 0 radical (unpaired) electrons. The molecule has 0 unspecified atom stereocenters. The fourth-order valence-corrected chi connectivity index (χ4v) is 4.17. The molecule has 1 N–H and O–H groups in total. The van der Waals surface area contributed by atoms with Gasteiger partial charge in [-0.15, -0.1) is 10.2 Å². The molecule has 0 aliphatic heterocycles. The minimum Gasteiger partial charge on any atom is -0.280 e. The Bertz CT molecular complexity index is 1620. The molecule has 2 aromatic carbocycles. The van der Waals surface area contributed by atoms with Crippen molar-refractivity contribution in [2.45, 2.75) is 32.1 Å².